The molecule has 3 aromatic rings. The molecular formula is C43H58N8O5. The van der Waals surface area contributed by atoms with Gasteiger partial charge in [0.25, 0.3) is 0 Å². The summed E-state index contributed by atoms with van der Waals surface area (Å²) in [5.41, 5.74) is 17.2. The maximum atomic E-state index is 14.2. The molecule has 3 aromatic carbocycles. The third kappa shape index (κ3) is 11.0. The number of nitrogens with two attached hydrogens (primary N) is 2. The molecule has 0 saturated carbocycles. The van der Waals surface area contributed by atoms with E-state index in [2.05, 4.69) is 21.4 Å². The summed E-state index contributed by atoms with van der Waals surface area (Å²) in [5, 5.41) is 10.7. The van der Waals surface area contributed by atoms with Gasteiger partial charge in [-0.1, -0.05) is 92.7 Å². The number of nitrogens with one attached hydrogen (secondary N) is 4. The predicted octanol–water partition coefficient (Wildman–Crippen LogP) is 2.38. The lowest BCUT2D eigenvalue weighted by atomic mass is 9.83. The molecule has 0 aromatic heterocycles. The standard InChI is InChI=1S/C43H58N8O5/c1-30(2)26-36(49-41(55)37(28-32-16-8-4-9-17-32)48-39(53)34(45)27-31-14-6-3-7-15-31)40(54)47-35(20-12-13-23-44)42(56)50-24-21-43(22-25-50)38(52)29-46-51(43)33-18-10-5-11-19-33/h3-11,14-19,30,34-37,46H,12-13,20-29,44-45H2,1-2H3,(H,47,54)(H,48,53)(H,49,55)/t34-,35-,36-,37-/m1/s1. The number of piperidine rings is 1. The topological polar surface area (TPSA) is 192 Å². The molecule has 56 heavy (non-hydrogen) atoms. The van der Waals surface area contributed by atoms with Gasteiger partial charge in [-0.25, -0.2) is 5.43 Å². The molecule has 300 valence electrons. The highest BCUT2D eigenvalue weighted by atomic mass is 16.2. The Hall–Kier alpha value is -5.11. The van der Waals surface area contributed by atoms with Crippen molar-refractivity contribution in [2.24, 2.45) is 17.4 Å². The van der Waals surface area contributed by atoms with Gasteiger partial charge in [-0.2, -0.15) is 0 Å². The maximum Gasteiger partial charge on any atom is 0.245 e. The average Bonchev–Trinajstić information content (AvgIpc) is 3.51. The number of nitrogens with zero attached hydrogens (tertiary/aromatic N) is 2. The number of Topliss-reactive ketones (excluding diaryl/α,β-unsaturated/α-hetero) is 1. The highest BCUT2D eigenvalue weighted by Crippen LogP contribution is 2.36. The number of anilines is 1. The van der Waals surface area contributed by atoms with Crippen molar-refractivity contribution < 1.29 is 24.0 Å². The predicted molar refractivity (Wildman–Crippen MR) is 217 cm³/mol. The zero-order valence-corrected chi connectivity index (χ0v) is 32.6. The number of carbonyl (C=O) groups is 5. The van der Waals surface area contributed by atoms with Crippen molar-refractivity contribution in [2.75, 3.05) is 31.2 Å². The van der Waals surface area contributed by atoms with Gasteiger partial charge in [-0.3, -0.25) is 29.0 Å². The smallest absolute Gasteiger partial charge is 0.245 e. The van der Waals surface area contributed by atoms with Crippen LogP contribution in [-0.4, -0.2) is 90.2 Å². The normalized spacial score (nSPS) is 17.3. The summed E-state index contributed by atoms with van der Waals surface area (Å²) in [6, 6.07) is 24.7. The third-order valence-electron chi connectivity index (χ3n) is 10.7. The minimum absolute atomic E-state index is 0.0160. The van der Waals surface area contributed by atoms with E-state index in [0.29, 0.717) is 64.6 Å². The number of hydrogen-bond acceptors (Lipinski definition) is 9. The number of para-hydroxylation sites is 1. The van der Waals surface area contributed by atoms with Crippen LogP contribution in [0.3, 0.4) is 0 Å². The number of carbonyl (C=O) groups excluding carboxylic acids is 5. The SMILES string of the molecule is CC(C)C[C@@H](NC(=O)[C@@H](Cc1ccccc1)NC(=O)[C@H](N)Cc1ccccc1)C(=O)N[C@H](CCCCN)C(=O)N1CCC2(CC1)C(=O)CNN2c1ccccc1. The molecule has 8 N–H and O–H groups in total. The summed E-state index contributed by atoms with van der Waals surface area (Å²) < 4.78 is 0. The first-order valence-electron chi connectivity index (χ1n) is 19.9. The number of likely N-dealkylation sites (tertiary alicyclic amines) is 1. The largest absolute Gasteiger partial charge is 0.343 e. The lowest BCUT2D eigenvalue weighted by molar-refractivity contribution is -0.140. The van der Waals surface area contributed by atoms with Crippen LogP contribution in [0.4, 0.5) is 5.69 Å². The monoisotopic (exact) mass is 766 g/mol. The van der Waals surface area contributed by atoms with Crippen LogP contribution in [0.25, 0.3) is 0 Å². The van der Waals surface area contributed by atoms with Gasteiger partial charge in [-0.15, -0.1) is 0 Å². The molecule has 5 rings (SSSR count). The Morgan fingerprint density at radius 1 is 0.732 bits per heavy atom. The molecular weight excluding hydrogens is 709 g/mol. The molecule has 4 amide bonds. The van der Waals surface area contributed by atoms with Crippen LogP contribution in [0.5, 0.6) is 0 Å². The van der Waals surface area contributed by atoms with E-state index in [9.17, 15) is 24.0 Å². The van der Waals surface area contributed by atoms with Crippen LogP contribution in [0.2, 0.25) is 0 Å². The Kier molecular flexibility index (Phi) is 15.1. The molecule has 0 bridgehead atoms. The molecule has 2 saturated heterocycles. The summed E-state index contributed by atoms with van der Waals surface area (Å²) in [7, 11) is 0. The lowest BCUT2D eigenvalue weighted by Gasteiger charge is -2.44. The fourth-order valence-electron chi connectivity index (χ4n) is 7.62. The highest BCUT2D eigenvalue weighted by molar-refractivity contribution is 5.97. The van der Waals surface area contributed by atoms with E-state index >= 15 is 0 Å². The number of rotatable bonds is 18. The second kappa shape index (κ2) is 20.2. The third-order valence-corrected chi connectivity index (χ3v) is 10.7. The minimum Gasteiger partial charge on any atom is -0.343 e. The van der Waals surface area contributed by atoms with Crippen molar-refractivity contribution >= 4 is 35.1 Å². The van der Waals surface area contributed by atoms with Gasteiger partial charge in [0, 0.05) is 19.5 Å². The van der Waals surface area contributed by atoms with Gasteiger partial charge >= 0.3 is 0 Å². The molecule has 4 atom stereocenters. The Morgan fingerprint density at radius 3 is 1.86 bits per heavy atom. The molecule has 2 heterocycles. The fraction of sp³-hybridized carbons (Fsp3) is 0.465. The van der Waals surface area contributed by atoms with Crippen LogP contribution in [0, 0.1) is 5.92 Å². The molecule has 13 heteroatoms. The van der Waals surface area contributed by atoms with Crippen molar-refractivity contribution in [3.05, 3.63) is 102 Å². The molecule has 0 radical (unpaired) electrons. The van der Waals surface area contributed by atoms with Crippen molar-refractivity contribution in [3.63, 3.8) is 0 Å². The average molecular weight is 767 g/mol. The zero-order valence-electron chi connectivity index (χ0n) is 32.6. The Bertz CT molecular complexity index is 1750. The number of unbranched alkanes of at least 4 members (excludes halogenated alkanes) is 1. The highest BCUT2D eigenvalue weighted by Gasteiger charge is 2.51. The van der Waals surface area contributed by atoms with E-state index in [1.54, 1.807) is 4.90 Å². The van der Waals surface area contributed by atoms with Gasteiger partial charge < -0.3 is 32.3 Å². The number of hydrazine groups is 1. The first kappa shape index (κ1) is 42.0. The van der Waals surface area contributed by atoms with Crippen LogP contribution in [-0.2, 0) is 36.8 Å². The van der Waals surface area contributed by atoms with E-state index in [1.807, 2.05) is 110 Å². The fourth-order valence-corrected chi connectivity index (χ4v) is 7.62. The van der Waals surface area contributed by atoms with Gasteiger partial charge in [0.05, 0.1) is 18.3 Å². The summed E-state index contributed by atoms with van der Waals surface area (Å²) in [6.45, 7) is 5.25. The molecule has 0 unspecified atom stereocenters. The van der Waals surface area contributed by atoms with Crippen LogP contribution < -0.4 is 37.9 Å². The van der Waals surface area contributed by atoms with Crippen molar-refractivity contribution in [1.29, 1.82) is 0 Å². The van der Waals surface area contributed by atoms with E-state index < -0.39 is 47.4 Å². The number of hydrogen-bond donors (Lipinski definition) is 6. The Morgan fingerprint density at radius 2 is 1.27 bits per heavy atom. The summed E-state index contributed by atoms with van der Waals surface area (Å²) >= 11 is 0. The summed E-state index contributed by atoms with van der Waals surface area (Å²) in [4.78, 5) is 70.7. The van der Waals surface area contributed by atoms with E-state index in [-0.39, 0.29) is 30.6 Å². The van der Waals surface area contributed by atoms with E-state index in [0.717, 1.165) is 16.8 Å². The van der Waals surface area contributed by atoms with Crippen molar-refractivity contribution in [1.82, 2.24) is 26.3 Å². The zero-order chi connectivity index (χ0) is 40.1. The number of benzene rings is 3. The number of ketones is 1. The van der Waals surface area contributed by atoms with Crippen molar-refractivity contribution in [3.8, 4) is 0 Å². The molecule has 1 spiro atoms. The molecule has 2 aliphatic rings. The maximum absolute atomic E-state index is 14.2. The van der Waals surface area contributed by atoms with Crippen LogP contribution in [0.15, 0.2) is 91.0 Å². The molecule has 13 nitrogen and oxygen atoms in total. The quantitative estimate of drug-likeness (QED) is 0.106. The molecule has 2 fully saturated rings. The van der Waals surface area contributed by atoms with Gasteiger partial charge in [0.15, 0.2) is 5.78 Å². The molecule has 2 aliphatic heterocycles. The van der Waals surface area contributed by atoms with Gasteiger partial charge in [0.1, 0.15) is 23.7 Å². The summed E-state index contributed by atoms with van der Waals surface area (Å²) in [5.74, 6) is -1.62. The van der Waals surface area contributed by atoms with E-state index in [1.165, 1.54) is 0 Å². The second-order valence-electron chi connectivity index (χ2n) is 15.4. The van der Waals surface area contributed by atoms with E-state index in [4.69, 9.17) is 11.5 Å². The van der Waals surface area contributed by atoms with Crippen molar-refractivity contribution in [2.45, 2.75) is 94.9 Å². The van der Waals surface area contributed by atoms with Gasteiger partial charge in [0.2, 0.25) is 23.6 Å². The van der Waals surface area contributed by atoms with Gasteiger partial charge in [-0.05, 0) is 80.7 Å². The molecule has 0 aliphatic carbocycles. The van der Waals surface area contributed by atoms with Crippen LogP contribution >= 0.6 is 0 Å². The first-order chi connectivity index (χ1) is 27.0. The second-order valence-corrected chi connectivity index (χ2v) is 15.4. The Balaban J connectivity index is 1.28. The summed E-state index contributed by atoms with van der Waals surface area (Å²) in [6.07, 6.45) is 3.33. The minimum atomic E-state index is -1.01. The number of amides is 4. The first-order valence-corrected chi connectivity index (χ1v) is 19.9. The Labute approximate surface area is 330 Å². The van der Waals surface area contributed by atoms with Crippen LogP contribution in [0.1, 0.15) is 63.5 Å². The lowest BCUT2D eigenvalue weighted by Crippen LogP contribution is -2.61.